The van der Waals surface area contributed by atoms with Crippen LogP contribution in [0.4, 0.5) is 0 Å². The number of hydrogen-bond donors (Lipinski definition) is 0. The highest BCUT2D eigenvalue weighted by Gasteiger charge is 2.23. The quantitative estimate of drug-likeness (QED) is 0.290. The number of nitrogens with zero attached hydrogens (tertiary/aromatic N) is 3. The molecule has 0 spiro atoms. The molecule has 0 saturated carbocycles. The lowest BCUT2D eigenvalue weighted by atomic mass is 10.2. The molecule has 0 aliphatic carbocycles. The van der Waals surface area contributed by atoms with Gasteiger partial charge in [0, 0.05) is 31.1 Å². The van der Waals surface area contributed by atoms with Crippen LogP contribution in [0.2, 0.25) is 5.02 Å². The Balaban J connectivity index is 1.49. The van der Waals surface area contributed by atoms with E-state index in [1.54, 1.807) is 47.0 Å². The summed E-state index contributed by atoms with van der Waals surface area (Å²) >= 11 is 7.99. The van der Waals surface area contributed by atoms with Gasteiger partial charge in [-0.3, -0.25) is 4.79 Å². The molecule has 3 heterocycles. The second-order valence-electron chi connectivity index (χ2n) is 8.93. The molecule has 1 amide bonds. The standard InChI is InChI=1S/C27H26ClN3O5S2/c1-30(13-12-26-35-14-15-36-26)27(32)21-17-23(31(29-21)22-9-4-3-8-20(22)28)25-11-10-24(37-25)18-6-5-7-19(16-18)38(2,33)34/h3-11,16-17,26H,12-15H2,1-2H3. The van der Waals surface area contributed by atoms with E-state index in [0.29, 0.717) is 42.6 Å². The van der Waals surface area contributed by atoms with Crippen LogP contribution in [0.3, 0.4) is 0 Å². The number of thiophene rings is 1. The molecule has 2 aromatic heterocycles. The summed E-state index contributed by atoms with van der Waals surface area (Å²) in [6.07, 6.45) is 1.46. The van der Waals surface area contributed by atoms with Gasteiger partial charge in [0.1, 0.15) is 0 Å². The number of ether oxygens (including phenoxy) is 2. The summed E-state index contributed by atoms with van der Waals surface area (Å²) in [5.74, 6) is -0.229. The second kappa shape index (κ2) is 11.0. The van der Waals surface area contributed by atoms with Crippen molar-refractivity contribution in [1.82, 2.24) is 14.7 Å². The summed E-state index contributed by atoms with van der Waals surface area (Å²) in [7, 11) is -1.61. The molecule has 1 aliphatic heterocycles. The topological polar surface area (TPSA) is 90.7 Å². The fourth-order valence-electron chi connectivity index (χ4n) is 4.15. The van der Waals surface area contributed by atoms with Gasteiger partial charge in [0.05, 0.1) is 39.4 Å². The minimum absolute atomic E-state index is 0.229. The molecular formula is C27H26ClN3O5S2. The maximum Gasteiger partial charge on any atom is 0.274 e. The molecule has 38 heavy (non-hydrogen) atoms. The molecule has 0 bridgehead atoms. The number of carbonyl (C=O) groups is 1. The fraction of sp³-hybridized carbons (Fsp3) is 0.259. The van der Waals surface area contributed by atoms with E-state index in [1.165, 1.54) is 17.6 Å². The average Bonchev–Trinajstić information content (AvgIpc) is 3.67. The normalized spacial score (nSPS) is 14.2. The zero-order chi connectivity index (χ0) is 26.9. The molecule has 11 heteroatoms. The molecule has 0 N–H and O–H groups in total. The van der Waals surface area contributed by atoms with E-state index in [9.17, 15) is 13.2 Å². The van der Waals surface area contributed by atoms with Crippen molar-refractivity contribution in [3.05, 3.63) is 77.4 Å². The number of amides is 1. The van der Waals surface area contributed by atoms with Crippen molar-refractivity contribution in [3.8, 4) is 26.7 Å². The zero-order valence-electron chi connectivity index (χ0n) is 20.8. The SMILES string of the molecule is CN(CCC1OCCO1)C(=O)c1cc(-c2ccc(-c3cccc(S(C)(=O)=O)c3)s2)n(-c2ccccc2Cl)n1. The predicted molar refractivity (Wildman–Crippen MR) is 148 cm³/mol. The van der Waals surface area contributed by atoms with Crippen molar-refractivity contribution < 1.29 is 22.7 Å². The summed E-state index contributed by atoms with van der Waals surface area (Å²) in [6, 6.07) is 19.8. The first-order valence-corrected chi connectivity index (χ1v) is 15.0. The highest BCUT2D eigenvalue weighted by molar-refractivity contribution is 7.90. The minimum Gasteiger partial charge on any atom is -0.350 e. The molecule has 0 radical (unpaired) electrons. The van der Waals surface area contributed by atoms with E-state index in [2.05, 4.69) is 5.10 Å². The van der Waals surface area contributed by atoms with Crippen LogP contribution in [-0.2, 0) is 19.3 Å². The van der Waals surface area contributed by atoms with Gasteiger partial charge in [-0.2, -0.15) is 5.10 Å². The van der Waals surface area contributed by atoms with Crippen molar-refractivity contribution in [1.29, 1.82) is 0 Å². The Hall–Kier alpha value is -3.02. The van der Waals surface area contributed by atoms with Crippen molar-refractivity contribution in [2.45, 2.75) is 17.6 Å². The van der Waals surface area contributed by atoms with Gasteiger partial charge in [0.15, 0.2) is 21.8 Å². The van der Waals surface area contributed by atoms with Gasteiger partial charge in [-0.15, -0.1) is 11.3 Å². The Morgan fingerprint density at radius 1 is 1.08 bits per heavy atom. The fourth-order valence-corrected chi connectivity index (χ4v) is 6.04. The average molecular weight is 572 g/mol. The van der Waals surface area contributed by atoms with Crippen LogP contribution in [0.15, 0.2) is 71.6 Å². The molecule has 8 nitrogen and oxygen atoms in total. The van der Waals surface area contributed by atoms with Crippen molar-refractivity contribution >= 4 is 38.7 Å². The number of para-hydroxylation sites is 1. The highest BCUT2D eigenvalue weighted by atomic mass is 35.5. The van der Waals surface area contributed by atoms with E-state index in [-0.39, 0.29) is 22.8 Å². The smallest absolute Gasteiger partial charge is 0.274 e. The van der Waals surface area contributed by atoms with Crippen LogP contribution < -0.4 is 0 Å². The lowest BCUT2D eigenvalue weighted by Gasteiger charge is -2.17. The molecule has 0 unspecified atom stereocenters. The lowest BCUT2D eigenvalue weighted by molar-refractivity contribution is -0.0494. The maximum absolute atomic E-state index is 13.3. The zero-order valence-corrected chi connectivity index (χ0v) is 23.2. The third-order valence-electron chi connectivity index (χ3n) is 6.15. The summed E-state index contributed by atoms with van der Waals surface area (Å²) in [4.78, 5) is 16.9. The first kappa shape index (κ1) is 26.6. The van der Waals surface area contributed by atoms with Crippen LogP contribution >= 0.6 is 22.9 Å². The Kier molecular flexibility index (Phi) is 7.69. The lowest BCUT2D eigenvalue weighted by Crippen LogP contribution is -2.30. The Morgan fingerprint density at radius 2 is 1.82 bits per heavy atom. The Morgan fingerprint density at radius 3 is 2.55 bits per heavy atom. The highest BCUT2D eigenvalue weighted by Crippen LogP contribution is 2.37. The maximum atomic E-state index is 13.3. The van der Waals surface area contributed by atoms with Crippen molar-refractivity contribution in [2.24, 2.45) is 0 Å². The van der Waals surface area contributed by atoms with Crippen molar-refractivity contribution in [3.63, 3.8) is 0 Å². The van der Waals surface area contributed by atoms with Gasteiger partial charge in [0.2, 0.25) is 0 Å². The number of rotatable bonds is 8. The monoisotopic (exact) mass is 571 g/mol. The first-order chi connectivity index (χ1) is 18.2. The summed E-state index contributed by atoms with van der Waals surface area (Å²) < 4.78 is 36.7. The number of aromatic nitrogens is 2. The number of sulfone groups is 1. The molecule has 0 atom stereocenters. The van der Waals surface area contributed by atoms with E-state index >= 15 is 0 Å². The summed E-state index contributed by atoms with van der Waals surface area (Å²) in [6.45, 7) is 1.59. The Bertz CT molecular complexity index is 1570. The van der Waals surface area contributed by atoms with Gasteiger partial charge in [-0.25, -0.2) is 13.1 Å². The van der Waals surface area contributed by atoms with E-state index in [1.807, 2.05) is 36.4 Å². The van der Waals surface area contributed by atoms with Crippen LogP contribution in [0.25, 0.3) is 26.7 Å². The largest absolute Gasteiger partial charge is 0.350 e. The molecule has 2 aromatic carbocycles. The summed E-state index contributed by atoms with van der Waals surface area (Å²) in [5, 5.41) is 5.15. The van der Waals surface area contributed by atoms with Crippen LogP contribution in [0, 0.1) is 0 Å². The predicted octanol–water partition coefficient (Wildman–Crippen LogP) is 5.16. The van der Waals surface area contributed by atoms with Gasteiger partial charge in [-0.1, -0.05) is 35.9 Å². The summed E-state index contributed by atoms with van der Waals surface area (Å²) in [5.41, 5.74) is 2.42. The molecule has 1 aliphatic rings. The van der Waals surface area contributed by atoms with Crippen LogP contribution in [0.5, 0.6) is 0 Å². The third kappa shape index (κ3) is 5.69. The van der Waals surface area contributed by atoms with Crippen LogP contribution in [-0.4, -0.2) is 68.4 Å². The van der Waals surface area contributed by atoms with Gasteiger partial charge in [-0.05, 0) is 48.0 Å². The molecule has 5 rings (SSSR count). The number of hydrogen-bond acceptors (Lipinski definition) is 7. The minimum atomic E-state index is -3.33. The Labute approximate surface area is 230 Å². The number of benzene rings is 2. The van der Waals surface area contributed by atoms with E-state index < -0.39 is 9.84 Å². The molecule has 4 aromatic rings. The van der Waals surface area contributed by atoms with Gasteiger partial charge < -0.3 is 14.4 Å². The number of halogens is 1. The third-order valence-corrected chi connectivity index (χ3v) is 8.74. The van der Waals surface area contributed by atoms with Crippen molar-refractivity contribution in [2.75, 3.05) is 33.1 Å². The molecule has 1 fully saturated rings. The second-order valence-corrected chi connectivity index (χ2v) is 12.4. The van der Waals surface area contributed by atoms with Gasteiger partial charge >= 0.3 is 0 Å². The first-order valence-electron chi connectivity index (χ1n) is 11.9. The van der Waals surface area contributed by atoms with E-state index in [0.717, 1.165) is 15.3 Å². The van der Waals surface area contributed by atoms with Crippen LogP contribution in [0.1, 0.15) is 16.9 Å². The van der Waals surface area contributed by atoms with Gasteiger partial charge in [0.25, 0.3) is 5.91 Å². The molecular weight excluding hydrogens is 546 g/mol. The number of carbonyl (C=O) groups excluding carboxylic acids is 1. The van der Waals surface area contributed by atoms with E-state index in [4.69, 9.17) is 21.1 Å². The molecule has 1 saturated heterocycles. The molecule has 198 valence electrons.